The van der Waals surface area contributed by atoms with E-state index in [2.05, 4.69) is 21.2 Å². The smallest absolute Gasteiger partial charge is 0.255 e. The number of halogens is 2. The molecule has 0 aromatic heterocycles. The van der Waals surface area contributed by atoms with E-state index in [0.29, 0.717) is 11.0 Å². The Labute approximate surface area is 129 Å². The summed E-state index contributed by atoms with van der Waals surface area (Å²) in [4.78, 5) is 13.1. The van der Waals surface area contributed by atoms with Gasteiger partial charge in [-0.05, 0) is 40.2 Å². The quantitative estimate of drug-likeness (QED) is 0.647. The van der Waals surface area contributed by atoms with Gasteiger partial charge in [-0.2, -0.15) is 0 Å². The fraction of sp³-hybridized carbons (Fsp3) is 0.133. The molecular formula is C15H13BrFNOS. The zero-order valence-corrected chi connectivity index (χ0v) is 13.0. The summed E-state index contributed by atoms with van der Waals surface area (Å²) in [5.41, 5.74) is 0.0530. The molecule has 0 heterocycles. The first-order valence-corrected chi connectivity index (χ1v) is 7.86. The van der Waals surface area contributed by atoms with Crippen molar-refractivity contribution in [1.29, 1.82) is 0 Å². The third-order valence-electron chi connectivity index (χ3n) is 2.59. The second kappa shape index (κ2) is 7.45. The van der Waals surface area contributed by atoms with E-state index in [-0.39, 0.29) is 5.56 Å². The fourth-order valence-corrected chi connectivity index (χ4v) is 2.96. The predicted molar refractivity (Wildman–Crippen MR) is 83.6 cm³/mol. The Morgan fingerprint density at radius 1 is 1.15 bits per heavy atom. The van der Waals surface area contributed by atoms with Gasteiger partial charge in [-0.3, -0.25) is 4.79 Å². The molecule has 2 aromatic carbocycles. The standard InChI is InChI=1S/C15H13BrFNOS/c16-12-7-4-8-13(17)14(12)15(19)18-9-10-20-11-5-2-1-3-6-11/h1-8H,9-10H2,(H,18,19). The number of carbonyl (C=O) groups is 1. The molecule has 0 saturated heterocycles. The molecule has 0 saturated carbocycles. The Kier molecular flexibility index (Phi) is 5.61. The van der Waals surface area contributed by atoms with Crippen molar-refractivity contribution in [2.24, 2.45) is 0 Å². The minimum atomic E-state index is -0.521. The number of benzene rings is 2. The molecule has 0 aliphatic carbocycles. The zero-order chi connectivity index (χ0) is 14.4. The van der Waals surface area contributed by atoms with Gasteiger partial charge >= 0.3 is 0 Å². The highest BCUT2D eigenvalue weighted by Gasteiger charge is 2.14. The zero-order valence-electron chi connectivity index (χ0n) is 10.6. The van der Waals surface area contributed by atoms with Gasteiger partial charge in [0.15, 0.2) is 0 Å². The summed E-state index contributed by atoms with van der Waals surface area (Å²) in [5, 5.41) is 2.72. The molecule has 0 atom stereocenters. The number of amides is 1. The SMILES string of the molecule is O=C(NCCSc1ccccc1)c1c(F)cccc1Br. The highest BCUT2D eigenvalue weighted by molar-refractivity contribution is 9.10. The van der Waals surface area contributed by atoms with Gasteiger partial charge in [-0.25, -0.2) is 4.39 Å². The lowest BCUT2D eigenvalue weighted by Gasteiger charge is -2.07. The minimum absolute atomic E-state index is 0.0530. The molecule has 0 unspecified atom stereocenters. The molecule has 2 nitrogen and oxygen atoms in total. The van der Waals surface area contributed by atoms with Gasteiger partial charge in [-0.15, -0.1) is 11.8 Å². The van der Waals surface area contributed by atoms with E-state index in [1.807, 2.05) is 30.3 Å². The number of rotatable bonds is 5. The lowest BCUT2D eigenvalue weighted by Crippen LogP contribution is -2.27. The van der Waals surface area contributed by atoms with Crippen LogP contribution in [0.1, 0.15) is 10.4 Å². The van der Waals surface area contributed by atoms with Crippen LogP contribution in [0.3, 0.4) is 0 Å². The summed E-state index contributed by atoms with van der Waals surface area (Å²) in [6, 6.07) is 14.4. The van der Waals surface area contributed by atoms with E-state index in [0.717, 1.165) is 10.6 Å². The van der Waals surface area contributed by atoms with E-state index >= 15 is 0 Å². The monoisotopic (exact) mass is 353 g/mol. The summed E-state index contributed by atoms with van der Waals surface area (Å²) < 4.78 is 14.0. The van der Waals surface area contributed by atoms with Gasteiger partial charge in [0, 0.05) is 21.7 Å². The molecule has 0 aliphatic rings. The third kappa shape index (κ3) is 4.08. The van der Waals surface area contributed by atoms with Crippen LogP contribution in [0.15, 0.2) is 57.9 Å². The van der Waals surface area contributed by atoms with E-state index in [1.54, 1.807) is 23.9 Å². The van der Waals surface area contributed by atoms with Crippen LogP contribution in [-0.2, 0) is 0 Å². The number of hydrogen-bond acceptors (Lipinski definition) is 2. The number of nitrogens with one attached hydrogen (secondary N) is 1. The normalized spacial score (nSPS) is 10.3. The first-order chi connectivity index (χ1) is 9.68. The van der Waals surface area contributed by atoms with Gasteiger partial charge < -0.3 is 5.32 Å². The second-order valence-electron chi connectivity index (χ2n) is 4.01. The van der Waals surface area contributed by atoms with Crippen molar-refractivity contribution in [3.05, 3.63) is 64.4 Å². The Morgan fingerprint density at radius 2 is 1.90 bits per heavy atom. The molecule has 20 heavy (non-hydrogen) atoms. The molecule has 2 rings (SSSR count). The average molecular weight is 354 g/mol. The topological polar surface area (TPSA) is 29.1 Å². The number of hydrogen-bond donors (Lipinski definition) is 1. The van der Waals surface area contributed by atoms with Crippen LogP contribution in [0.25, 0.3) is 0 Å². The van der Waals surface area contributed by atoms with Crippen molar-refractivity contribution in [2.45, 2.75) is 4.90 Å². The highest BCUT2D eigenvalue weighted by atomic mass is 79.9. The summed E-state index contributed by atoms with van der Waals surface area (Å²) in [7, 11) is 0. The van der Waals surface area contributed by atoms with Crippen molar-refractivity contribution in [1.82, 2.24) is 5.32 Å². The van der Waals surface area contributed by atoms with Crippen LogP contribution in [0.4, 0.5) is 4.39 Å². The second-order valence-corrected chi connectivity index (χ2v) is 6.04. The average Bonchev–Trinajstić information content (AvgIpc) is 2.44. The van der Waals surface area contributed by atoms with E-state index in [1.165, 1.54) is 6.07 Å². The molecule has 0 spiro atoms. The molecule has 0 bridgehead atoms. The first-order valence-electron chi connectivity index (χ1n) is 6.08. The van der Waals surface area contributed by atoms with Gasteiger partial charge in [0.05, 0.1) is 5.56 Å². The van der Waals surface area contributed by atoms with Crippen molar-refractivity contribution < 1.29 is 9.18 Å². The molecular weight excluding hydrogens is 341 g/mol. The third-order valence-corrected chi connectivity index (χ3v) is 4.26. The Balaban J connectivity index is 1.84. The lowest BCUT2D eigenvalue weighted by molar-refractivity contribution is 0.0951. The molecule has 5 heteroatoms. The van der Waals surface area contributed by atoms with E-state index < -0.39 is 11.7 Å². The van der Waals surface area contributed by atoms with E-state index in [9.17, 15) is 9.18 Å². The maximum atomic E-state index is 13.6. The number of carbonyl (C=O) groups excluding carboxylic acids is 1. The molecule has 0 aliphatic heterocycles. The summed E-state index contributed by atoms with van der Waals surface area (Å²) >= 11 is 4.83. The van der Waals surface area contributed by atoms with Crippen LogP contribution in [-0.4, -0.2) is 18.2 Å². The molecule has 1 amide bonds. The van der Waals surface area contributed by atoms with Crippen molar-refractivity contribution in [3.8, 4) is 0 Å². The maximum Gasteiger partial charge on any atom is 0.255 e. The first kappa shape index (κ1) is 15.1. The van der Waals surface area contributed by atoms with Gasteiger partial charge in [-0.1, -0.05) is 24.3 Å². The Morgan fingerprint density at radius 3 is 2.60 bits per heavy atom. The van der Waals surface area contributed by atoms with Gasteiger partial charge in [0.25, 0.3) is 5.91 Å². The van der Waals surface area contributed by atoms with Crippen molar-refractivity contribution in [3.63, 3.8) is 0 Å². The summed E-state index contributed by atoms with van der Waals surface area (Å²) in [6.45, 7) is 0.485. The van der Waals surface area contributed by atoms with Crippen LogP contribution in [0.2, 0.25) is 0 Å². The molecule has 0 radical (unpaired) electrons. The summed E-state index contributed by atoms with van der Waals surface area (Å²) in [6.07, 6.45) is 0. The molecule has 0 fully saturated rings. The van der Waals surface area contributed by atoms with Crippen molar-refractivity contribution in [2.75, 3.05) is 12.3 Å². The number of thioether (sulfide) groups is 1. The van der Waals surface area contributed by atoms with Gasteiger partial charge in [0.1, 0.15) is 5.82 Å². The fourth-order valence-electron chi connectivity index (χ4n) is 1.65. The van der Waals surface area contributed by atoms with Crippen LogP contribution >= 0.6 is 27.7 Å². The van der Waals surface area contributed by atoms with E-state index in [4.69, 9.17) is 0 Å². The lowest BCUT2D eigenvalue weighted by atomic mass is 10.2. The Bertz CT molecular complexity index is 571. The highest BCUT2D eigenvalue weighted by Crippen LogP contribution is 2.19. The summed E-state index contributed by atoms with van der Waals surface area (Å²) in [5.74, 6) is -0.182. The van der Waals surface area contributed by atoms with Crippen LogP contribution < -0.4 is 5.32 Å². The van der Waals surface area contributed by atoms with Gasteiger partial charge in [0.2, 0.25) is 0 Å². The minimum Gasteiger partial charge on any atom is -0.351 e. The van der Waals surface area contributed by atoms with Crippen LogP contribution in [0.5, 0.6) is 0 Å². The maximum absolute atomic E-state index is 13.6. The molecule has 1 N–H and O–H groups in total. The van der Waals surface area contributed by atoms with Crippen molar-refractivity contribution >= 4 is 33.6 Å². The van der Waals surface area contributed by atoms with Crippen LogP contribution in [0, 0.1) is 5.82 Å². The molecule has 104 valence electrons. The molecule has 2 aromatic rings. The predicted octanol–water partition coefficient (Wildman–Crippen LogP) is 4.11. The largest absolute Gasteiger partial charge is 0.351 e. The Hall–Kier alpha value is -1.33.